The first-order chi connectivity index (χ1) is 14.7. The number of carboxylic acid groups (broad SMARTS) is 1. The van der Waals surface area contributed by atoms with Crippen molar-refractivity contribution in [1.29, 1.82) is 0 Å². The molecule has 30 heavy (non-hydrogen) atoms. The third-order valence-electron chi connectivity index (χ3n) is 6.75. The molecule has 1 rings (SSSR count). The standard InChI is InChI=1S/C26H49NO3/c1-2-3-4-5-6-7-8-9-10-11-12-13-14-15-16-19-22-27-25(28)23-20-17-18-21-24(23)26(29)30/h23-24H,2-22H2,1H3,(H,27,28)(H,29,30)/t23-,24+/m1/s1. The molecule has 4 heteroatoms. The lowest BCUT2D eigenvalue weighted by Gasteiger charge is -2.27. The summed E-state index contributed by atoms with van der Waals surface area (Å²) in [7, 11) is 0. The van der Waals surface area contributed by atoms with Gasteiger partial charge in [-0.05, 0) is 19.3 Å². The van der Waals surface area contributed by atoms with Crippen molar-refractivity contribution in [2.24, 2.45) is 11.8 Å². The monoisotopic (exact) mass is 423 g/mol. The average molecular weight is 424 g/mol. The van der Waals surface area contributed by atoms with Crippen LogP contribution in [0.4, 0.5) is 0 Å². The molecule has 0 aromatic heterocycles. The van der Waals surface area contributed by atoms with Gasteiger partial charge in [0.1, 0.15) is 0 Å². The molecule has 4 nitrogen and oxygen atoms in total. The Kier molecular flexibility index (Phi) is 16.8. The van der Waals surface area contributed by atoms with Crippen LogP contribution in [0.1, 0.15) is 135 Å². The van der Waals surface area contributed by atoms with Crippen LogP contribution in [0.25, 0.3) is 0 Å². The SMILES string of the molecule is CCCCCCCCCCCCCCCCCCNC(=O)[C@@H]1CCCC[C@@H]1C(=O)O. The highest BCUT2D eigenvalue weighted by Gasteiger charge is 2.35. The van der Waals surface area contributed by atoms with Crippen LogP contribution in [0.5, 0.6) is 0 Å². The lowest BCUT2D eigenvalue weighted by molar-refractivity contribution is -0.148. The fourth-order valence-corrected chi connectivity index (χ4v) is 4.76. The Morgan fingerprint density at radius 1 is 0.667 bits per heavy atom. The van der Waals surface area contributed by atoms with Gasteiger partial charge in [-0.15, -0.1) is 0 Å². The first kappa shape index (κ1) is 27.0. The maximum atomic E-state index is 12.3. The molecule has 2 N–H and O–H groups in total. The number of carboxylic acids is 1. The van der Waals surface area contributed by atoms with Gasteiger partial charge in [0.2, 0.25) is 5.91 Å². The van der Waals surface area contributed by atoms with Crippen molar-refractivity contribution in [3.8, 4) is 0 Å². The fraction of sp³-hybridized carbons (Fsp3) is 0.923. The van der Waals surface area contributed by atoms with Gasteiger partial charge in [-0.1, -0.05) is 116 Å². The van der Waals surface area contributed by atoms with E-state index in [0.717, 1.165) is 32.1 Å². The third-order valence-corrected chi connectivity index (χ3v) is 6.75. The molecule has 0 bridgehead atoms. The molecule has 0 radical (unpaired) electrons. The molecule has 0 aromatic carbocycles. The first-order valence-electron chi connectivity index (χ1n) is 13.2. The molecule has 176 valence electrons. The molecule has 1 saturated carbocycles. The van der Waals surface area contributed by atoms with Gasteiger partial charge in [-0.2, -0.15) is 0 Å². The summed E-state index contributed by atoms with van der Waals surface area (Å²) in [6.07, 6.45) is 24.8. The number of carbonyl (C=O) groups excluding carboxylic acids is 1. The number of hydrogen-bond donors (Lipinski definition) is 2. The van der Waals surface area contributed by atoms with Crippen molar-refractivity contribution >= 4 is 11.9 Å². The van der Waals surface area contributed by atoms with Crippen LogP contribution >= 0.6 is 0 Å². The van der Waals surface area contributed by atoms with Gasteiger partial charge in [0, 0.05) is 6.54 Å². The summed E-state index contributed by atoms with van der Waals surface area (Å²) in [4.78, 5) is 23.6. The van der Waals surface area contributed by atoms with E-state index in [1.165, 1.54) is 89.9 Å². The predicted octanol–water partition coefficient (Wildman–Crippen LogP) is 7.26. The Morgan fingerprint density at radius 2 is 1.07 bits per heavy atom. The van der Waals surface area contributed by atoms with Gasteiger partial charge in [0.15, 0.2) is 0 Å². The van der Waals surface area contributed by atoms with E-state index in [-0.39, 0.29) is 11.8 Å². The maximum Gasteiger partial charge on any atom is 0.307 e. The van der Waals surface area contributed by atoms with Gasteiger partial charge in [0.25, 0.3) is 0 Å². The third kappa shape index (κ3) is 13.3. The molecular formula is C26H49NO3. The summed E-state index contributed by atoms with van der Waals surface area (Å²) in [5.41, 5.74) is 0. The van der Waals surface area contributed by atoms with Crippen LogP contribution in [0.3, 0.4) is 0 Å². The van der Waals surface area contributed by atoms with Gasteiger partial charge < -0.3 is 10.4 Å². The summed E-state index contributed by atoms with van der Waals surface area (Å²) >= 11 is 0. The van der Waals surface area contributed by atoms with Crippen LogP contribution in [0.2, 0.25) is 0 Å². The fourth-order valence-electron chi connectivity index (χ4n) is 4.76. The second-order valence-electron chi connectivity index (χ2n) is 9.43. The van der Waals surface area contributed by atoms with Gasteiger partial charge in [-0.3, -0.25) is 9.59 Å². The molecule has 0 heterocycles. The minimum absolute atomic E-state index is 0.0388. The van der Waals surface area contributed by atoms with Gasteiger partial charge >= 0.3 is 5.97 Å². The summed E-state index contributed by atoms with van der Waals surface area (Å²) in [5.74, 6) is -1.65. The number of carbonyl (C=O) groups is 2. The van der Waals surface area contributed by atoms with E-state index in [2.05, 4.69) is 12.2 Å². The van der Waals surface area contributed by atoms with Crippen LogP contribution in [-0.2, 0) is 9.59 Å². The Labute approximate surface area is 186 Å². The van der Waals surface area contributed by atoms with E-state index in [1.807, 2.05) is 0 Å². The van der Waals surface area contributed by atoms with Gasteiger partial charge in [0.05, 0.1) is 11.8 Å². The molecule has 1 aliphatic rings. The van der Waals surface area contributed by atoms with Crippen molar-refractivity contribution in [3.63, 3.8) is 0 Å². The largest absolute Gasteiger partial charge is 0.481 e. The molecular weight excluding hydrogens is 374 g/mol. The lowest BCUT2D eigenvalue weighted by Crippen LogP contribution is -2.40. The summed E-state index contributed by atoms with van der Waals surface area (Å²) in [6.45, 7) is 2.97. The highest BCUT2D eigenvalue weighted by molar-refractivity contribution is 5.84. The minimum Gasteiger partial charge on any atom is -0.481 e. The van der Waals surface area contributed by atoms with E-state index < -0.39 is 11.9 Å². The molecule has 0 saturated heterocycles. The molecule has 1 fully saturated rings. The minimum atomic E-state index is -0.808. The average Bonchev–Trinajstić information content (AvgIpc) is 2.75. The first-order valence-corrected chi connectivity index (χ1v) is 13.2. The van der Waals surface area contributed by atoms with Crippen molar-refractivity contribution in [2.45, 2.75) is 135 Å². The van der Waals surface area contributed by atoms with E-state index in [0.29, 0.717) is 13.0 Å². The number of unbranched alkanes of at least 4 members (excludes halogenated alkanes) is 15. The number of hydrogen-bond acceptors (Lipinski definition) is 2. The molecule has 0 aliphatic heterocycles. The second-order valence-corrected chi connectivity index (χ2v) is 9.43. The predicted molar refractivity (Wildman–Crippen MR) is 126 cm³/mol. The Balaban J connectivity index is 1.84. The number of nitrogens with one attached hydrogen (secondary N) is 1. The molecule has 0 unspecified atom stereocenters. The normalized spacial score (nSPS) is 19.0. The lowest BCUT2D eigenvalue weighted by atomic mass is 9.78. The van der Waals surface area contributed by atoms with Gasteiger partial charge in [-0.25, -0.2) is 0 Å². The van der Waals surface area contributed by atoms with Crippen molar-refractivity contribution in [3.05, 3.63) is 0 Å². The van der Waals surface area contributed by atoms with Crippen molar-refractivity contribution < 1.29 is 14.7 Å². The number of aliphatic carboxylic acids is 1. The van der Waals surface area contributed by atoms with Crippen LogP contribution in [-0.4, -0.2) is 23.5 Å². The Hall–Kier alpha value is -1.06. The highest BCUT2D eigenvalue weighted by Crippen LogP contribution is 2.30. The molecule has 1 amide bonds. The quantitative estimate of drug-likeness (QED) is 0.215. The smallest absolute Gasteiger partial charge is 0.307 e. The molecule has 0 spiro atoms. The Morgan fingerprint density at radius 3 is 1.50 bits per heavy atom. The Bertz CT molecular complexity index is 438. The molecule has 0 aromatic rings. The zero-order valence-electron chi connectivity index (χ0n) is 19.8. The molecule has 2 atom stereocenters. The van der Waals surface area contributed by atoms with Crippen LogP contribution in [0.15, 0.2) is 0 Å². The summed E-state index contributed by atoms with van der Waals surface area (Å²) < 4.78 is 0. The topological polar surface area (TPSA) is 66.4 Å². The zero-order chi connectivity index (χ0) is 21.9. The summed E-state index contributed by atoms with van der Waals surface area (Å²) in [6, 6.07) is 0. The molecule has 1 aliphatic carbocycles. The summed E-state index contributed by atoms with van der Waals surface area (Å²) in [5, 5.41) is 12.3. The van der Waals surface area contributed by atoms with E-state index in [9.17, 15) is 14.7 Å². The number of amides is 1. The highest BCUT2D eigenvalue weighted by atomic mass is 16.4. The van der Waals surface area contributed by atoms with Crippen LogP contribution in [0, 0.1) is 11.8 Å². The van der Waals surface area contributed by atoms with E-state index in [4.69, 9.17) is 0 Å². The zero-order valence-corrected chi connectivity index (χ0v) is 19.8. The van der Waals surface area contributed by atoms with E-state index >= 15 is 0 Å². The van der Waals surface area contributed by atoms with Crippen molar-refractivity contribution in [1.82, 2.24) is 5.32 Å². The number of rotatable bonds is 19. The maximum absolute atomic E-state index is 12.3. The van der Waals surface area contributed by atoms with Crippen molar-refractivity contribution in [2.75, 3.05) is 6.54 Å². The second kappa shape index (κ2) is 18.7. The van der Waals surface area contributed by atoms with Crippen LogP contribution < -0.4 is 5.32 Å². The van der Waals surface area contributed by atoms with E-state index in [1.54, 1.807) is 0 Å².